The lowest BCUT2D eigenvalue weighted by molar-refractivity contribution is -0.126. The van der Waals surface area contributed by atoms with Crippen LogP contribution in [0.4, 0.5) is 0 Å². The van der Waals surface area contributed by atoms with Crippen molar-refractivity contribution in [3.63, 3.8) is 0 Å². The van der Waals surface area contributed by atoms with Gasteiger partial charge in [-0.3, -0.25) is 4.79 Å². The van der Waals surface area contributed by atoms with Crippen LogP contribution in [0.25, 0.3) is 5.65 Å². The van der Waals surface area contributed by atoms with Gasteiger partial charge in [-0.1, -0.05) is 18.9 Å². The second kappa shape index (κ2) is 5.48. The number of aliphatic hydroxyl groups is 1. The van der Waals surface area contributed by atoms with Crippen molar-refractivity contribution < 1.29 is 9.90 Å². The number of nitrogens with zero attached hydrogens (tertiary/aromatic N) is 2. The molecule has 5 heteroatoms. The van der Waals surface area contributed by atoms with Gasteiger partial charge in [0.1, 0.15) is 5.65 Å². The molecule has 0 aromatic carbocycles. The summed E-state index contributed by atoms with van der Waals surface area (Å²) >= 11 is 0. The highest BCUT2D eigenvalue weighted by molar-refractivity contribution is 5.77. The predicted molar refractivity (Wildman–Crippen MR) is 79.8 cm³/mol. The van der Waals surface area contributed by atoms with Crippen LogP contribution in [0.3, 0.4) is 0 Å². The minimum absolute atomic E-state index is 0.104. The van der Waals surface area contributed by atoms with Crippen molar-refractivity contribution in [3.8, 4) is 0 Å². The van der Waals surface area contributed by atoms with Gasteiger partial charge in [0.05, 0.1) is 24.3 Å². The molecule has 112 valence electrons. The van der Waals surface area contributed by atoms with Gasteiger partial charge in [0.25, 0.3) is 0 Å². The molecular formula is C16H21N3O2. The minimum Gasteiger partial charge on any atom is -0.389 e. The van der Waals surface area contributed by atoms with Crippen molar-refractivity contribution in [1.29, 1.82) is 0 Å². The number of pyridine rings is 1. The number of imidazole rings is 1. The van der Waals surface area contributed by atoms with Gasteiger partial charge < -0.3 is 14.8 Å². The molecule has 2 N–H and O–H groups in total. The van der Waals surface area contributed by atoms with E-state index in [4.69, 9.17) is 0 Å². The Balaban J connectivity index is 1.61. The molecule has 1 saturated carbocycles. The van der Waals surface area contributed by atoms with Gasteiger partial charge in [-0.05, 0) is 31.4 Å². The zero-order chi connectivity index (χ0) is 14.9. The number of aromatic nitrogens is 2. The topological polar surface area (TPSA) is 66.6 Å². The van der Waals surface area contributed by atoms with Gasteiger partial charge in [0, 0.05) is 12.4 Å². The van der Waals surface area contributed by atoms with E-state index < -0.39 is 5.60 Å². The fourth-order valence-corrected chi connectivity index (χ4v) is 3.05. The lowest BCUT2D eigenvalue weighted by atomic mass is 9.98. The van der Waals surface area contributed by atoms with E-state index >= 15 is 0 Å². The van der Waals surface area contributed by atoms with Crippen LogP contribution in [0.1, 0.15) is 43.4 Å². The van der Waals surface area contributed by atoms with Crippen molar-refractivity contribution in [2.45, 2.75) is 51.2 Å². The molecule has 2 heterocycles. The van der Waals surface area contributed by atoms with Gasteiger partial charge in [-0.2, -0.15) is 0 Å². The Labute approximate surface area is 124 Å². The first kappa shape index (κ1) is 14.1. The highest BCUT2D eigenvalue weighted by atomic mass is 16.3. The Hall–Kier alpha value is -1.88. The first-order valence-electron chi connectivity index (χ1n) is 7.48. The highest BCUT2D eigenvalue weighted by Crippen LogP contribution is 2.32. The van der Waals surface area contributed by atoms with Crippen molar-refractivity contribution in [3.05, 3.63) is 35.8 Å². The summed E-state index contributed by atoms with van der Waals surface area (Å²) in [5.41, 5.74) is 2.06. The summed E-state index contributed by atoms with van der Waals surface area (Å²) in [6, 6.07) is 3.99. The van der Waals surface area contributed by atoms with Gasteiger partial charge >= 0.3 is 0 Å². The van der Waals surface area contributed by atoms with E-state index in [2.05, 4.69) is 10.3 Å². The maximum atomic E-state index is 12.0. The van der Waals surface area contributed by atoms with Crippen LogP contribution in [0.15, 0.2) is 24.5 Å². The molecule has 1 amide bonds. The molecule has 0 atom stereocenters. The van der Waals surface area contributed by atoms with Crippen molar-refractivity contribution in [1.82, 2.24) is 14.7 Å². The second-order valence-corrected chi connectivity index (χ2v) is 6.04. The lowest BCUT2D eigenvalue weighted by Gasteiger charge is -2.20. The van der Waals surface area contributed by atoms with Gasteiger partial charge in [-0.25, -0.2) is 4.98 Å². The number of amides is 1. The SMILES string of the molecule is Cc1cccn2cc(CNC(=O)CC3(O)CCCC3)nc12. The van der Waals surface area contributed by atoms with Crippen LogP contribution in [0.5, 0.6) is 0 Å². The Kier molecular flexibility index (Phi) is 3.68. The predicted octanol–water partition coefficient (Wildman–Crippen LogP) is 1.95. The number of carbonyl (C=O) groups excluding carboxylic acids is 1. The third-order valence-electron chi connectivity index (χ3n) is 4.22. The number of nitrogens with one attached hydrogen (secondary N) is 1. The quantitative estimate of drug-likeness (QED) is 0.903. The van der Waals surface area contributed by atoms with E-state index in [-0.39, 0.29) is 12.3 Å². The number of rotatable bonds is 4. The van der Waals surface area contributed by atoms with Crippen LogP contribution < -0.4 is 5.32 Å². The molecule has 21 heavy (non-hydrogen) atoms. The third-order valence-corrected chi connectivity index (χ3v) is 4.22. The number of aryl methyl sites for hydroxylation is 1. The molecule has 1 fully saturated rings. The van der Waals surface area contributed by atoms with E-state index in [0.29, 0.717) is 6.54 Å². The molecule has 0 aliphatic heterocycles. The maximum absolute atomic E-state index is 12.0. The smallest absolute Gasteiger partial charge is 0.223 e. The van der Waals surface area contributed by atoms with Crippen LogP contribution in [-0.2, 0) is 11.3 Å². The van der Waals surface area contributed by atoms with Crippen LogP contribution in [0, 0.1) is 6.92 Å². The summed E-state index contributed by atoms with van der Waals surface area (Å²) in [7, 11) is 0. The van der Waals surface area contributed by atoms with E-state index in [1.807, 2.05) is 35.9 Å². The average Bonchev–Trinajstić information content (AvgIpc) is 3.03. The summed E-state index contributed by atoms with van der Waals surface area (Å²) in [4.78, 5) is 16.5. The van der Waals surface area contributed by atoms with E-state index in [1.165, 1.54) is 0 Å². The van der Waals surface area contributed by atoms with Gasteiger partial charge in [0.2, 0.25) is 5.91 Å². The van der Waals surface area contributed by atoms with Crippen LogP contribution >= 0.6 is 0 Å². The molecule has 2 aromatic heterocycles. The van der Waals surface area contributed by atoms with E-state index in [9.17, 15) is 9.90 Å². The number of fused-ring (bicyclic) bond motifs is 1. The molecule has 0 bridgehead atoms. The van der Waals surface area contributed by atoms with Crippen molar-refractivity contribution in [2.75, 3.05) is 0 Å². The van der Waals surface area contributed by atoms with E-state index in [1.54, 1.807) is 0 Å². The van der Waals surface area contributed by atoms with Crippen LogP contribution in [0.2, 0.25) is 0 Å². The zero-order valence-corrected chi connectivity index (χ0v) is 12.3. The van der Waals surface area contributed by atoms with Gasteiger partial charge in [-0.15, -0.1) is 0 Å². The molecule has 5 nitrogen and oxygen atoms in total. The fourth-order valence-electron chi connectivity index (χ4n) is 3.05. The lowest BCUT2D eigenvalue weighted by Crippen LogP contribution is -2.34. The summed E-state index contributed by atoms with van der Waals surface area (Å²) in [6.07, 6.45) is 7.54. The van der Waals surface area contributed by atoms with Crippen molar-refractivity contribution in [2.24, 2.45) is 0 Å². The molecule has 1 aliphatic carbocycles. The van der Waals surface area contributed by atoms with Crippen LogP contribution in [-0.4, -0.2) is 26.0 Å². The second-order valence-electron chi connectivity index (χ2n) is 6.04. The molecule has 0 saturated heterocycles. The maximum Gasteiger partial charge on any atom is 0.223 e. The average molecular weight is 287 g/mol. The minimum atomic E-state index is -0.792. The Morgan fingerprint density at radius 2 is 2.24 bits per heavy atom. The fraction of sp³-hybridized carbons (Fsp3) is 0.500. The largest absolute Gasteiger partial charge is 0.389 e. The normalized spacial score (nSPS) is 17.2. The summed E-state index contributed by atoms with van der Waals surface area (Å²) < 4.78 is 1.96. The number of carbonyl (C=O) groups is 1. The van der Waals surface area contributed by atoms with Gasteiger partial charge in [0.15, 0.2) is 0 Å². The molecule has 3 rings (SSSR count). The first-order valence-corrected chi connectivity index (χ1v) is 7.48. The highest BCUT2D eigenvalue weighted by Gasteiger charge is 2.33. The standard InChI is InChI=1S/C16H21N3O2/c1-12-5-4-8-19-11-13(18-15(12)19)10-17-14(20)9-16(21)6-2-3-7-16/h4-5,8,11,21H,2-3,6-7,9-10H2,1H3,(H,17,20). The third kappa shape index (κ3) is 3.08. The molecule has 0 unspecified atom stereocenters. The molecule has 1 aliphatic rings. The molecule has 0 radical (unpaired) electrons. The Bertz CT molecular complexity index is 657. The summed E-state index contributed by atoms with van der Waals surface area (Å²) in [5, 5.41) is 13.1. The monoisotopic (exact) mass is 287 g/mol. The Morgan fingerprint density at radius 3 is 2.95 bits per heavy atom. The molecular weight excluding hydrogens is 266 g/mol. The number of hydrogen-bond acceptors (Lipinski definition) is 3. The number of hydrogen-bond donors (Lipinski definition) is 2. The first-order chi connectivity index (χ1) is 10.1. The zero-order valence-electron chi connectivity index (χ0n) is 12.3. The van der Waals surface area contributed by atoms with E-state index in [0.717, 1.165) is 42.6 Å². The molecule has 0 spiro atoms. The summed E-state index contributed by atoms with van der Waals surface area (Å²) in [5.74, 6) is -0.104. The Morgan fingerprint density at radius 1 is 1.48 bits per heavy atom. The molecule has 2 aromatic rings. The van der Waals surface area contributed by atoms with Crippen molar-refractivity contribution >= 4 is 11.6 Å². The summed E-state index contributed by atoms with van der Waals surface area (Å²) in [6.45, 7) is 2.41.